The number of benzene rings is 1. The fourth-order valence-corrected chi connectivity index (χ4v) is 1.74. The summed E-state index contributed by atoms with van der Waals surface area (Å²) in [4.78, 5) is 10.3. The lowest BCUT2D eigenvalue weighted by Gasteiger charge is -2.15. The van der Waals surface area contributed by atoms with E-state index in [9.17, 15) is 15.2 Å². The highest BCUT2D eigenvalue weighted by atomic mass is 16.6. The summed E-state index contributed by atoms with van der Waals surface area (Å²) in [7, 11) is 1.35. The number of aromatic hydroxyl groups is 1. The van der Waals surface area contributed by atoms with Gasteiger partial charge in [-0.1, -0.05) is 19.8 Å². The van der Waals surface area contributed by atoms with Gasteiger partial charge in [0.25, 0.3) is 5.69 Å². The molecule has 0 aliphatic rings. The topological polar surface area (TPSA) is 98.6 Å². The summed E-state index contributed by atoms with van der Waals surface area (Å²) < 4.78 is 4.92. The van der Waals surface area contributed by atoms with E-state index >= 15 is 0 Å². The highest BCUT2D eigenvalue weighted by molar-refractivity contribution is 5.54. The molecule has 0 bridgehead atoms. The van der Waals surface area contributed by atoms with Crippen molar-refractivity contribution in [2.75, 3.05) is 7.11 Å². The number of ether oxygens (including phenoxy) is 1. The van der Waals surface area contributed by atoms with Crippen LogP contribution in [0.15, 0.2) is 12.1 Å². The Balaban J connectivity index is 3.15. The Labute approximate surface area is 106 Å². The first-order valence-electron chi connectivity index (χ1n) is 5.82. The fraction of sp³-hybridized carbons (Fsp3) is 0.500. The third-order valence-electron chi connectivity index (χ3n) is 2.79. The molecule has 100 valence electrons. The molecule has 3 N–H and O–H groups in total. The van der Waals surface area contributed by atoms with Crippen molar-refractivity contribution < 1.29 is 14.8 Å². The third-order valence-corrected chi connectivity index (χ3v) is 2.79. The normalized spacial score (nSPS) is 12.2. The molecule has 1 atom stereocenters. The van der Waals surface area contributed by atoms with Crippen molar-refractivity contribution in [2.24, 2.45) is 5.73 Å². The molecule has 18 heavy (non-hydrogen) atoms. The SMILES string of the molecule is CCCC[C@H](N)c1cc([N+](=O)[O-])cc(OC)c1O. The van der Waals surface area contributed by atoms with Gasteiger partial charge in [-0.2, -0.15) is 0 Å². The number of nitrogens with two attached hydrogens (primary N) is 1. The number of hydrogen-bond donors (Lipinski definition) is 2. The Morgan fingerprint density at radius 1 is 1.56 bits per heavy atom. The van der Waals surface area contributed by atoms with Crippen LogP contribution in [-0.4, -0.2) is 17.1 Å². The van der Waals surface area contributed by atoms with Gasteiger partial charge in [0.2, 0.25) is 0 Å². The largest absolute Gasteiger partial charge is 0.504 e. The first-order chi connectivity index (χ1) is 8.51. The molecule has 0 aliphatic carbocycles. The summed E-state index contributed by atoms with van der Waals surface area (Å²) in [5.74, 6) is -0.0437. The summed E-state index contributed by atoms with van der Waals surface area (Å²) in [6.45, 7) is 2.03. The number of methoxy groups -OCH3 is 1. The maximum Gasteiger partial charge on any atom is 0.273 e. The van der Waals surface area contributed by atoms with Crippen molar-refractivity contribution in [3.05, 3.63) is 27.8 Å². The Hall–Kier alpha value is -1.82. The number of hydrogen-bond acceptors (Lipinski definition) is 5. The molecule has 0 saturated heterocycles. The molecule has 0 amide bonds. The lowest BCUT2D eigenvalue weighted by atomic mass is 10.00. The molecule has 1 rings (SSSR count). The summed E-state index contributed by atoms with van der Waals surface area (Å²) >= 11 is 0. The van der Waals surface area contributed by atoms with Crippen LogP contribution in [0.3, 0.4) is 0 Å². The molecule has 0 unspecified atom stereocenters. The Kier molecular flexibility index (Phi) is 4.91. The van der Waals surface area contributed by atoms with Gasteiger partial charge in [-0.3, -0.25) is 10.1 Å². The Bertz CT molecular complexity index is 434. The smallest absolute Gasteiger partial charge is 0.273 e. The van der Waals surface area contributed by atoms with Gasteiger partial charge in [-0.05, 0) is 6.42 Å². The summed E-state index contributed by atoms with van der Waals surface area (Å²) in [5, 5.41) is 20.7. The third kappa shape index (κ3) is 3.10. The number of rotatable bonds is 6. The zero-order valence-corrected chi connectivity index (χ0v) is 10.5. The average Bonchev–Trinajstić information content (AvgIpc) is 2.35. The molecule has 0 radical (unpaired) electrons. The van der Waals surface area contributed by atoms with Crippen LogP contribution in [0.5, 0.6) is 11.5 Å². The number of phenols is 1. The van der Waals surface area contributed by atoms with E-state index in [1.165, 1.54) is 19.2 Å². The Morgan fingerprint density at radius 3 is 2.72 bits per heavy atom. The van der Waals surface area contributed by atoms with E-state index in [2.05, 4.69) is 0 Å². The minimum Gasteiger partial charge on any atom is -0.504 e. The minimum absolute atomic E-state index is 0.0751. The van der Waals surface area contributed by atoms with Crippen LogP contribution < -0.4 is 10.5 Å². The maximum atomic E-state index is 10.8. The average molecular weight is 254 g/mol. The lowest BCUT2D eigenvalue weighted by Crippen LogP contribution is -2.11. The highest BCUT2D eigenvalue weighted by Crippen LogP contribution is 2.38. The van der Waals surface area contributed by atoms with Crippen molar-refractivity contribution in [1.29, 1.82) is 0 Å². The predicted octanol–water partition coefficient (Wildman–Crippen LogP) is 2.50. The second-order valence-electron chi connectivity index (χ2n) is 4.09. The van der Waals surface area contributed by atoms with Crippen molar-refractivity contribution in [3.63, 3.8) is 0 Å². The van der Waals surface area contributed by atoms with Gasteiger partial charge in [0.1, 0.15) is 0 Å². The van der Waals surface area contributed by atoms with E-state index in [0.717, 1.165) is 12.8 Å². The number of nitro groups is 1. The fourth-order valence-electron chi connectivity index (χ4n) is 1.74. The van der Waals surface area contributed by atoms with E-state index < -0.39 is 11.0 Å². The van der Waals surface area contributed by atoms with Crippen LogP contribution in [0, 0.1) is 10.1 Å². The lowest BCUT2D eigenvalue weighted by molar-refractivity contribution is -0.385. The first kappa shape index (κ1) is 14.2. The van der Waals surface area contributed by atoms with Crippen LogP contribution in [0.1, 0.15) is 37.8 Å². The summed E-state index contributed by atoms with van der Waals surface area (Å²) in [6.07, 6.45) is 2.53. The van der Waals surface area contributed by atoms with Gasteiger partial charge in [-0.15, -0.1) is 0 Å². The van der Waals surface area contributed by atoms with Crippen LogP contribution in [-0.2, 0) is 0 Å². The van der Waals surface area contributed by atoms with Gasteiger partial charge in [-0.25, -0.2) is 0 Å². The van der Waals surface area contributed by atoms with Crippen LogP contribution in [0.4, 0.5) is 5.69 Å². The van der Waals surface area contributed by atoms with E-state index in [0.29, 0.717) is 12.0 Å². The first-order valence-corrected chi connectivity index (χ1v) is 5.82. The standard InChI is InChI=1S/C12H18N2O4/c1-3-4-5-10(13)9-6-8(14(16)17)7-11(18-2)12(9)15/h6-7,10,15H,3-5,13H2,1-2H3/t10-/m0/s1. The quantitative estimate of drug-likeness (QED) is 0.600. The van der Waals surface area contributed by atoms with Crippen LogP contribution in [0.2, 0.25) is 0 Å². The van der Waals surface area contributed by atoms with Gasteiger partial charge in [0.05, 0.1) is 18.1 Å². The number of non-ortho nitro benzene ring substituents is 1. The molecule has 0 heterocycles. The molecule has 0 aromatic heterocycles. The van der Waals surface area contributed by atoms with Gasteiger partial charge >= 0.3 is 0 Å². The number of phenolic OH excluding ortho intramolecular Hbond substituents is 1. The molecule has 0 fully saturated rings. The van der Waals surface area contributed by atoms with Gasteiger partial charge in [0.15, 0.2) is 11.5 Å². The summed E-state index contributed by atoms with van der Waals surface area (Å²) in [6, 6.07) is 2.06. The minimum atomic E-state index is -0.530. The molecule has 0 saturated carbocycles. The molecule has 0 aliphatic heterocycles. The molecule has 1 aromatic rings. The summed E-state index contributed by atoms with van der Waals surface area (Å²) in [5.41, 5.74) is 6.16. The van der Waals surface area contributed by atoms with Crippen LogP contribution >= 0.6 is 0 Å². The molecule has 6 heteroatoms. The molecular formula is C12H18N2O4. The van der Waals surface area contributed by atoms with Crippen molar-refractivity contribution in [2.45, 2.75) is 32.2 Å². The van der Waals surface area contributed by atoms with Gasteiger partial charge < -0.3 is 15.6 Å². The van der Waals surface area contributed by atoms with Crippen LogP contribution in [0.25, 0.3) is 0 Å². The zero-order valence-electron chi connectivity index (χ0n) is 10.5. The second-order valence-corrected chi connectivity index (χ2v) is 4.09. The molecular weight excluding hydrogens is 236 g/mol. The number of unbranched alkanes of at least 4 members (excludes halogenated alkanes) is 1. The van der Waals surface area contributed by atoms with Crippen molar-refractivity contribution in [3.8, 4) is 11.5 Å². The van der Waals surface area contributed by atoms with E-state index in [-0.39, 0.29) is 17.2 Å². The monoisotopic (exact) mass is 254 g/mol. The predicted molar refractivity (Wildman–Crippen MR) is 67.8 cm³/mol. The van der Waals surface area contributed by atoms with E-state index in [4.69, 9.17) is 10.5 Å². The maximum absolute atomic E-state index is 10.8. The Morgan fingerprint density at radius 2 is 2.22 bits per heavy atom. The molecule has 6 nitrogen and oxygen atoms in total. The molecule has 0 spiro atoms. The number of nitro benzene ring substituents is 1. The van der Waals surface area contributed by atoms with E-state index in [1.807, 2.05) is 6.92 Å². The zero-order chi connectivity index (χ0) is 13.7. The van der Waals surface area contributed by atoms with Crippen molar-refractivity contribution >= 4 is 5.69 Å². The highest BCUT2D eigenvalue weighted by Gasteiger charge is 2.20. The molecule has 1 aromatic carbocycles. The number of nitrogens with zero attached hydrogens (tertiary/aromatic N) is 1. The van der Waals surface area contributed by atoms with Crippen molar-refractivity contribution in [1.82, 2.24) is 0 Å². The van der Waals surface area contributed by atoms with Gasteiger partial charge in [0, 0.05) is 17.7 Å². The van der Waals surface area contributed by atoms with E-state index in [1.54, 1.807) is 0 Å². The second kappa shape index (κ2) is 6.20.